The van der Waals surface area contributed by atoms with Crippen LogP contribution in [0.4, 0.5) is 17.2 Å². The first-order chi connectivity index (χ1) is 11.5. The zero-order valence-electron chi connectivity index (χ0n) is 12.5. The number of aromatic nitrogens is 2. The molecule has 0 bridgehead atoms. The molecule has 0 saturated carbocycles. The molecular weight excluding hydrogens is 372 g/mol. The number of fused-ring (bicyclic) bond motifs is 1. The molecule has 0 aliphatic carbocycles. The number of hydrogen-bond acceptors (Lipinski definition) is 4. The van der Waals surface area contributed by atoms with Gasteiger partial charge in [-0.25, -0.2) is 4.79 Å². The molecule has 0 saturated heterocycles. The maximum Gasteiger partial charge on any atom is 0.347 e. The maximum absolute atomic E-state index is 11.8. The number of anilines is 3. The van der Waals surface area contributed by atoms with Crippen LogP contribution in [0.3, 0.4) is 0 Å². The molecule has 0 spiro atoms. The number of carbonyl (C=O) groups is 1. The fraction of sp³-hybridized carbons (Fsp3) is 0. The van der Waals surface area contributed by atoms with E-state index < -0.39 is 5.69 Å². The van der Waals surface area contributed by atoms with Crippen molar-refractivity contribution >= 4 is 49.9 Å². The summed E-state index contributed by atoms with van der Waals surface area (Å²) in [5.41, 5.74) is 1.52. The van der Waals surface area contributed by atoms with Gasteiger partial charge in [-0.2, -0.15) is 4.98 Å². The second-order valence-electron chi connectivity index (χ2n) is 4.98. The average Bonchev–Trinajstić information content (AvgIpc) is 2.55. The van der Waals surface area contributed by atoms with Crippen LogP contribution in [0.5, 0.6) is 0 Å². The first-order valence-electron chi connectivity index (χ1n) is 7.05. The lowest BCUT2D eigenvalue weighted by molar-refractivity contribution is -0.111. The summed E-state index contributed by atoms with van der Waals surface area (Å²) in [5.74, 6) is 0.0924. The molecule has 24 heavy (non-hydrogen) atoms. The standard InChI is InChI=1S/C17H13BrN4O2/c1-2-15(23)19-12-6-7-14-13(9-12)16(22-17(24)21-14)20-11-5-3-4-10(18)8-11/h2-9H,1H2,(H,19,23)(H2,20,21,22,24). The van der Waals surface area contributed by atoms with Crippen LogP contribution in [-0.4, -0.2) is 15.9 Å². The third kappa shape index (κ3) is 3.52. The smallest absolute Gasteiger partial charge is 0.339 e. The zero-order valence-corrected chi connectivity index (χ0v) is 14.1. The van der Waals surface area contributed by atoms with Gasteiger partial charge < -0.3 is 15.6 Å². The number of benzene rings is 2. The zero-order chi connectivity index (χ0) is 17.1. The summed E-state index contributed by atoms with van der Waals surface area (Å²) in [6, 6.07) is 12.7. The molecule has 0 aliphatic rings. The Morgan fingerprint density at radius 1 is 1.21 bits per heavy atom. The van der Waals surface area contributed by atoms with Crippen molar-refractivity contribution < 1.29 is 4.79 Å². The lowest BCUT2D eigenvalue weighted by Crippen LogP contribution is -2.13. The largest absolute Gasteiger partial charge is 0.347 e. The van der Waals surface area contributed by atoms with Crippen molar-refractivity contribution in [2.45, 2.75) is 0 Å². The molecule has 6 nitrogen and oxygen atoms in total. The molecule has 2 aromatic carbocycles. The Kier molecular flexibility index (Phi) is 4.43. The normalized spacial score (nSPS) is 10.4. The van der Waals surface area contributed by atoms with E-state index in [4.69, 9.17) is 0 Å². The van der Waals surface area contributed by atoms with Crippen LogP contribution in [0.1, 0.15) is 0 Å². The van der Waals surface area contributed by atoms with Crippen LogP contribution in [0.25, 0.3) is 10.9 Å². The summed E-state index contributed by atoms with van der Waals surface area (Å²) >= 11 is 3.40. The molecule has 3 aromatic rings. The van der Waals surface area contributed by atoms with Gasteiger partial charge in [-0.3, -0.25) is 4.79 Å². The van der Waals surface area contributed by atoms with Gasteiger partial charge in [-0.15, -0.1) is 0 Å². The minimum atomic E-state index is -0.456. The molecule has 3 rings (SSSR count). The van der Waals surface area contributed by atoms with E-state index in [0.29, 0.717) is 22.4 Å². The van der Waals surface area contributed by atoms with Gasteiger partial charge in [-0.1, -0.05) is 28.6 Å². The third-order valence-corrected chi connectivity index (χ3v) is 3.76. The summed E-state index contributed by atoms with van der Waals surface area (Å²) in [4.78, 5) is 29.9. The second kappa shape index (κ2) is 6.67. The topological polar surface area (TPSA) is 86.9 Å². The lowest BCUT2D eigenvalue weighted by atomic mass is 10.2. The maximum atomic E-state index is 11.8. The Morgan fingerprint density at radius 3 is 2.79 bits per heavy atom. The van der Waals surface area contributed by atoms with E-state index in [2.05, 4.69) is 43.1 Å². The van der Waals surface area contributed by atoms with Gasteiger partial charge in [0, 0.05) is 21.2 Å². The van der Waals surface area contributed by atoms with Gasteiger partial charge in [0.15, 0.2) is 0 Å². The lowest BCUT2D eigenvalue weighted by Gasteiger charge is -2.10. The van der Waals surface area contributed by atoms with E-state index in [-0.39, 0.29) is 5.91 Å². The number of H-pyrrole nitrogens is 1. The molecule has 7 heteroatoms. The predicted molar refractivity (Wildman–Crippen MR) is 98.6 cm³/mol. The monoisotopic (exact) mass is 384 g/mol. The Balaban J connectivity index is 2.07. The second-order valence-corrected chi connectivity index (χ2v) is 5.90. The van der Waals surface area contributed by atoms with Gasteiger partial charge in [-0.05, 0) is 42.5 Å². The van der Waals surface area contributed by atoms with Gasteiger partial charge in [0.05, 0.1) is 5.52 Å². The van der Waals surface area contributed by atoms with Crippen molar-refractivity contribution in [1.82, 2.24) is 9.97 Å². The average molecular weight is 385 g/mol. The predicted octanol–water partition coefficient (Wildman–Crippen LogP) is 3.55. The molecule has 3 N–H and O–H groups in total. The van der Waals surface area contributed by atoms with Gasteiger partial charge in [0.1, 0.15) is 5.82 Å². The summed E-state index contributed by atoms with van der Waals surface area (Å²) < 4.78 is 0.903. The van der Waals surface area contributed by atoms with Crippen molar-refractivity contribution in [3.8, 4) is 0 Å². The van der Waals surface area contributed by atoms with E-state index in [1.165, 1.54) is 6.08 Å². The van der Waals surface area contributed by atoms with Crippen molar-refractivity contribution in [2.24, 2.45) is 0 Å². The molecule has 120 valence electrons. The van der Waals surface area contributed by atoms with Crippen molar-refractivity contribution in [1.29, 1.82) is 0 Å². The number of aromatic amines is 1. The van der Waals surface area contributed by atoms with Crippen molar-refractivity contribution in [3.63, 3.8) is 0 Å². The summed E-state index contributed by atoms with van der Waals surface area (Å²) in [5, 5.41) is 6.49. The fourth-order valence-electron chi connectivity index (χ4n) is 2.22. The van der Waals surface area contributed by atoms with Crippen LogP contribution in [0.2, 0.25) is 0 Å². The van der Waals surface area contributed by atoms with Crippen molar-refractivity contribution in [3.05, 3.63) is 70.1 Å². The van der Waals surface area contributed by atoms with Crippen LogP contribution in [-0.2, 0) is 4.79 Å². The number of hydrogen-bond donors (Lipinski definition) is 3. The molecular formula is C17H13BrN4O2. The van der Waals surface area contributed by atoms with E-state index in [1.807, 2.05) is 24.3 Å². The molecule has 0 fully saturated rings. The van der Waals surface area contributed by atoms with Crippen molar-refractivity contribution in [2.75, 3.05) is 10.6 Å². The Morgan fingerprint density at radius 2 is 2.04 bits per heavy atom. The number of halogens is 1. The van der Waals surface area contributed by atoms with Gasteiger partial charge in [0.25, 0.3) is 0 Å². The molecule has 1 heterocycles. The minimum absolute atomic E-state index is 0.312. The van der Waals surface area contributed by atoms with Crippen LogP contribution < -0.4 is 16.3 Å². The molecule has 1 aromatic heterocycles. The summed E-state index contributed by atoms with van der Waals surface area (Å²) in [6.07, 6.45) is 1.19. The van der Waals surface area contributed by atoms with E-state index in [9.17, 15) is 9.59 Å². The van der Waals surface area contributed by atoms with Crippen LogP contribution in [0, 0.1) is 0 Å². The molecule has 0 atom stereocenters. The summed E-state index contributed by atoms with van der Waals surface area (Å²) in [6.45, 7) is 3.42. The highest BCUT2D eigenvalue weighted by molar-refractivity contribution is 9.10. The SMILES string of the molecule is C=CC(=O)Nc1ccc2[nH]c(=O)nc(Nc3cccc(Br)c3)c2c1. The Hall–Kier alpha value is -2.93. The molecule has 0 unspecified atom stereocenters. The van der Waals surface area contributed by atoms with Gasteiger partial charge >= 0.3 is 5.69 Å². The number of nitrogens with zero attached hydrogens (tertiary/aromatic N) is 1. The Labute approximate surface area is 145 Å². The van der Waals surface area contributed by atoms with E-state index in [1.54, 1.807) is 18.2 Å². The quantitative estimate of drug-likeness (QED) is 0.600. The Bertz CT molecular complexity index is 997. The molecule has 0 aliphatic heterocycles. The number of carbonyl (C=O) groups excluding carboxylic acids is 1. The fourth-order valence-corrected chi connectivity index (χ4v) is 2.62. The third-order valence-electron chi connectivity index (χ3n) is 3.27. The highest BCUT2D eigenvalue weighted by atomic mass is 79.9. The summed E-state index contributed by atoms with van der Waals surface area (Å²) in [7, 11) is 0. The minimum Gasteiger partial charge on any atom is -0.339 e. The first kappa shape index (κ1) is 15.9. The number of rotatable bonds is 4. The van der Waals surface area contributed by atoms with E-state index >= 15 is 0 Å². The van der Waals surface area contributed by atoms with E-state index in [0.717, 1.165) is 10.2 Å². The highest BCUT2D eigenvalue weighted by Crippen LogP contribution is 2.26. The molecule has 1 amide bonds. The van der Waals surface area contributed by atoms with Gasteiger partial charge in [0.2, 0.25) is 5.91 Å². The number of nitrogens with one attached hydrogen (secondary N) is 3. The highest BCUT2D eigenvalue weighted by Gasteiger charge is 2.08. The van der Waals surface area contributed by atoms with Crippen LogP contribution >= 0.6 is 15.9 Å². The molecule has 0 radical (unpaired) electrons. The van der Waals surface area contributed by atoms with Crippen LogP contribution in [0.15, 0.2) is 64.4 Å². The first-order valence-corrected chi connectivity index (χ1v) is 7.84. The number of amides is 1.